The molecule has 0 aliphatic heterocycles. The zero-order valence-corrected chi connectivity index (χ0v) is 13.5. The van der Waals surface area contributed by atoms with Gasteiger partial charge in [0, 0.05) is 12.4 Å². The third kappa shape index (κ3) is 3.27. The molecule has 6 heteroatoms. The molecule has 0 bridgehead atoms. The van der Waals surface area contributed by atoms with E-state index in [0.717, 1.165) is 12.0 Å². The molecule has 0 aliphatic carbocycles. The third-order valence-electron chi connectivity index (χ3n) is 3.54. The maximum atomic E-state index is 12.6. The van der Waals surface area contributed by atoms with Crippen molar-refractivity contribution in [3.8, 4) is 5.69 Å². The third-order valence-corrected chi connectivity index (χ3v) is 4.92. The highest BCUT2D eigenvalue weighted by Crippen LogP contribution is 2.23. The summed E-state index contributed by atoms with van der Waals surface area (Å²) in [5, 5.41) is 4.15. The van der Waals surface area contributed by atoms with Gasteiger partial charge < -0.3 is 0 Å². The molecule has 0 spiro atoms. The molecule has 0 aliphatic rings. The average Bonchev–Trinajstić information content (AvgIpc) is 3.09. The van der Waals surface area contributed by atoms with Crippen LogP contribution in [-0.4, -0.2) is 18.2 Å². The van der Waals surface area contributed by atoms with Crippen molar-refractivity contribution in [2.24, 2.45) is 0 Å². The van der Waals surface area contributed by atoms with Gasteiger partial charge in [-0.15, -0.1) is 0 Å². The zero-order valence-electron chi connectivity index (χ0n) is 12.7. The SMILES string of the molecule is CCc1ccc(S(=O)(=O)Nc2ccccc2-n2cccn2)cc1. The summed E-state index contributed by atoms with van der Waals surface area (Å²) < 4.78 is 29.4. The molecule has 0 radical (unpaired) electrons. The fourth-order valence-electron chi connectivity index (χ4n) is 2.28. The van der Waals surface area contributed by atoms with Crippen LogP contribution in [0.4, 0.5) is 5.69 Å². The first-order valence-electron chi connectivity index (χ1n) is 7.31. The number of nitrogens with zero attached hydrogens (tertiary/aromatic N) is 2. The smallest absolute Gasteiger partial charge is 0.261 e. The van der Waals surface area contributed by atoms with Crippen LogP contribution >= 0.6 is 0 Å². The van der Waals surface area contributed by atoms with Gasteiger partial charge in [0.1, 0.15) is 0 Å². The summed E-state index contributed by atoms with van der Waals surface area (Å²) >= 11 is 0. The Kier molecular flexibility index (Phi) is 4.16. The second kappa shape index (κ2) is 6.26. The molecule has 0 amide bonds. The molecule has 0 saturated carbocycles. The molecule has 3 aromatic rings. The van der Waals surface area contributed by atoms with E-state index < -0.39 is 10.0 Å². The standard InChI is InChI=1S/C17H17N3O2S/c1-2-14-8-10-15(11-9-14)23(21,22)19-16-6-3-4-7-17(16)20-13-5-12-18-20/h3-13,19H,2H2,1H3. The van der Waals surface area contributed by atoms with Gasteiger partial charge in [0.25, 0.3) is 10.0 Å². The van der Waals surface area contributed by atoms with Gasteiger partial charge in [0.2, 0.25) is 0 Å². The van der Waals surface area contributed by atoms with Crippen molar-refractivity contribution in [1.29, 1.82) is 0 Å². The van der Waals surface area contributed by atoms with Crippen LogP contribution in [0.1, 0.15) is 12.5 Å². The number of aryl methyl sites for hydroxylation is 1. The van der Waals surface area contributed by atoms with Gasteiger partial charge in [-0.1, -0.05) is 31.2 Å². The van der Waals surface area contributed by atoms with E-state index in [-0.39, 0.29) is 4.90 Å². The molecule has 2 aromatic carbocycles. The fraction of sp³-hybridized carbons (Fsp3) is 0.118. The number of anilines is 1. The quantitative estimate of drug-likeness (QED) is 0.782. The first-order valence-corrected chi connectivity index (χ1v) is 8.79. The molecule has 5 nitrogen and oxygen atoms in total. The summed E-state index contributed by atoms with van der Waals surface area (Å²) in [6, 6.07) is 15.8. The average molecular weight is 327 g/mol. The Balaban J connectivity index is 1.95. The number of aromatic nitrogens is 2. The molecule has 0 fully saturated rings. The lowest BCUT2D eigenvalue weighted by Gasteiger charge is -2.12. The van der Waals surface area contributed by atoms with Crippen molar-refractivity contribution in [1.82, 2.24) is 9.78 Å². The molecule has 23 heavy (non-hydrogen) atoms. The second-order valence-corrected chi connectivity index (χ2v) is 6.75. The van der Waals surface area contributed by atoms with Crippen molar-refractivity contribution in [3.63, 3.8) is 0 Å². The Morgan fingerprint density at radius 2 is 1.78 bits per heavy atom. The van der Waals surface area contributed by atoms with Crippen LogP contribution in [-0.2, 0) is 16.4 Å². The molecule has 1 aromatic heterocycles. The van der Waals surface area contributed by atoms with Crippen LogP contribution in [0, 0.1) is 0 Å². The fourth-order valence-corrected chi connectivity index (χ4v) is 3.35. The van der Waals surface area contributed by atoms with E-state index in [2.05, 4.69) is 9.82 Å². The number of nitrogens with one attached hydrogen (secondary N) is 1. The lowest BCUT2D eigenvalue weighted by atomic mass is 10.2. The molecule has 1 N–H and O–H groups in total. The van der Waals surface area contributed by atoms with Gasteiger partial charge in [0.05, 0.1) is 16.3 Å². The zero-order chi connectivity index (χ0) is 16.3. The van der Waals surface area contributed by atoms with Crippen molar-refractivity contribution in [2.45, 2.75) is 18.2 Å². The Hall–Kier alpha value is -2.60. The number of sulfonamides is 1. The summed E-state index contributed by atoms with van der Waals surface area (Å²) in [4.78, 5) is 0.241. The largest absolute Gasteiger partial charge is 0.277 e. The maximum absolute atomic E-state index is 12.6. The molecular formula is C17H17N3O2S. The van der Waals surface area contributed by atoms with Crippen LogP contribution in [0.5, 0.6) is 0 Å². The van der Waals surface area contributed by atoms with E-state index in [9.17, 15) is 8.42 Å². The van der Waals surface area contributed by atoms with Crippen LogP contribution < -0.4 is 4.72 Å². The maximum Gasteiger partial charge on any atom is 0.261 e. The predicted molar refractivity (Wildman–Crippen MR) is 90.2 cm³/mol. The Morgan fingerprint density at radius 3 is 2.43 bits per heavy atom. The first-order chi connectivity index (χ1) is 11.1. The highest BCUT2D eigenvalue weighted by molar-refractivity contribution is 7.92. The van der Waals surface area contributed by atoms with E-state index in [1.165, 1.54) is 0 Å². The number of hydrogen-bond acceptors (Lipinski definition) is 3. The van der Waals surface area contributed by atoms with E-state index in [1.54, 1.807) is 47.4 Å². The van der Waals surface area contributed by atoms with Crippen LogP contribution in [0.2, 0.25) is 0 Å². The van der Waals surface area contributed by atoms with Crippen LogP contribution in [0.25, 0.3) is 5.69 Å². The topological polar surface area (TPSA) is 64.0 Å². The molecule has 3 rings (SSSR count). The van der Waals surface area contributed by atoms with Gasteiger partial charge >= 0.3 is 0 Å². The normalized spacial score (nSPS) is 11.3. The van der Waals surface area contributed by atoms with E-state index in [4.69, 9.17) is 0 Å². The summed E-state index contributed by atoms with van der Waals surface area (Å²) in [6.45, 7) is 2.03. The van der Waals surface area contributed by atoms with E-state index in [0.29, 0.717) is 11.4 Å². The number of para-hydroxylation sites is 2. The summed E-state index contributed by atoms with van der Waals surface area (Å²) in [5.74, 6) is 0. The molecule has 1 heterocycles. The highest BCUT2D eigenvalue weighted by Gasteiger charge is 2.16. The molecule has 0 unspecified atom stereocenters. The second-order valence-electron chi connectivity index (χ2n) is 5.07. The summed E-state index contributed by atoms with van der Waals surface area (Å²) in [6.07, 6.45) is 4.29. The number of rotatable bonds is 5. The van der Waals surface area contributed by atoms with Gasteiger partial charge in [-0.25, -0.2) is 13.1 Å². The predicted octanol–water partition coefficient (Wildman–Crippen LogP) is 3.24. The monoisotopic (exact) mass is 327 g/mol. The minimum Gasteiger partial charge on any atom is -0.277 e. The molecular weight excluding hydrogens is 310 g/mol. The molecule has 0 saturated heterocycles. The lowest BCUT2D eigenvalue weighted by molar-refractivity contribution is 0.601. The number of benzene rings is 2. The summed E-state index contributed by atoms with van der Waals surface area (Å²) in [5.41, 5.74) is 2.25. The highest BCUT2D eigenvalue weighted by atomic mass is 32.2. The lowest BCUT2D eigenvalue weighted by Crippen LogP contribution is -2.14. The minimum absolute atomic E-state index is 0.241. The van der Waals surface area contributed by atoms with Crippen LogP contribution in [0.3, 0.4) is 0 Å². The van der Waals surface area contributed by atoms with E-state index >= 15 is 0 Å². The summed E-state index contributed by atoms with van der Waals surface area (Å²) in [7, 11) is -3.64. The minimum atomic E-state index is -3.64. The molecule has 118 valence electrons. The first kappa shape index (κ1) is 15.3. The number of hydrogen-bond donors (Lipinski definition) is 1. The van der Waals surface area contributed by atoms with Crippen molar-refractivity contribution in [2.75, 3.05) is 4.72 Å². The van der Waals surface area contributed by atoms with Crippen LogP contribution in [0.15, 0.2) is 71.9 Å². The van der Waals surface area contributed by atoms with Gasteiger partial charge in [-0.3, -0.25) is 4.72 Å². The Bertz CT molecular complexity index is 886. The van der Waals surface area contributed by atoms with Gasteiger partial charge in [0.15, 0.2) is 0 Å². The van der Waals surface area contributed by atoms with Crippen molar-refractivity contribution >= 4 is 15.7 Å². The van der Waals surface area contributed by atoms with Gasteiger partial charge in [-0.05, 0) is 42.3 Å². The van der Waals surface area contributed by atoms with Crippen molar-refractivity contribution < 1.29 is 8.42 Å². The van der Waals surface area contributed by atoms with E-state index in [1.807, 2.05) is 31.2 Å². The molecule has 0 atom stereocenters. The Morgan fingerprint density at radius 1 is 1.04 bits per heavy atom. The Labute approximate surface area is 135 Å². The van der Waals surface area contributed by atoms with Crippen molar-refractivity contribution in [3.05, 3.63) is 72.6 Å². The van der Waals surface area contributed by atoms with Gasteiger partial charge in [-0.2, -0.15) is 5.10 Å².